The predicted octanol–water partition coefficient (Wildman–Crippen LogP) is -0.746. The molecule has 0 amide bonds. The summed E-state index contributed by atoms with van der Waals surface area (Å²) < 4.78 is 0. The molecule has 0 aliphatic rings. The predicted molar refractivity (Wildman–Crippen MR) is 70.2 cm³/mol. The second kappa shape index (κ2) is 30.1. The molecule has 0 radical (unpaired) electrons. The van der Waals surface area contributed by atoms with E-state index in [1.807, 2.05) is 0 Å². The van der Waals surface area contributed by atoms with Gasteiger partial charge >= 0.3 is 0 Å². The van der Waals surface area contributed by atoms with Crippen LogP contribution in [0.1, 0.15) is 38.5 Å². The molecule has 0 rings (SSSR count). The van der Waals surface area contributed by atoms with Gasteiger partial charge in [0.25, 0.3) is 0 Å². The molecule has 0 aromatic carbocycles. The van der Waals surface area contributed by atoms with Crippen molar-refractivity contribution < 1.29 is 30.6 Å². The Morgan fingerprint density at radius 1 is 0.278 bits per heavy atom. The lowest BCUT2D eigenvalue weighted by atomic mass is 10.2. The lowest BCUT2D eigenvalue weighted by Gasteiger charge is -1.90. The van der Waals surface area contributed by atoms with Crippen LogP contribution in [0.15, 0.2) is 0 Å². The second-order valence-corrected chi connectivity index (χ2v) is 3.46. The summed E-state index contributed by atoms with van der Waals surface area (Å²) in [5.41, 5.74) is 0. The topological polar surface area (TPSA) is 121 Å². The van der Waals surface area contributed by atoms with Crippen LogP contribution in [0.25, 0.3) is 0 Å². The molecule has 0 unspecified atom stereocenters. The largest absolute Gasteiger partial charge is 0.396 e. The maximum atomic E-state index is 8.21. The monoisotopic (exact) mass is 270 g/mol. The second-order valence-electron chi connectivity index (χ2n) is 3.46. The van der Waals surface area contributed by atoms with Crippen LogP contribution in [-0.4, -0.2) is 70.3 Å². The number of rotatable bonds is 9. The lowest BCUT2D eigenvalue weighted by molar-refractivity contribution is 0.221. The first-order valence-electron chi connectivity index (χ1n) is 6.40. The lowest BCUT2D eigenvalue weighted by Crippen LogP contribution is -1.85. The fraction of sp³-hybridized carbons (Fsp3) is 1.00. The van der Waals surface area contributed by atoms with E-state index in [4.69, 9.17) is 30.6 Å². The molecule has 0 heterocycles. The molecule has 6 N–H and O–H groups in total. The SMILES string of the molecule is OCCCCCO.OCCCCO.OCCCO. The van der Waals surface area contributed by atoms with Crippen molar-refractivity contribution >= 4 is 0 Å². The zero-order valence-electron chi connectivity index (χ0n) is 11.2. The molecule has 0 aromatic rings. The molecule has 18 heavy (non-hydrogen) atoms. The highest BCUT2D eigenvalue weighted by Gasteiger charge is 1.81. The van der Waals surface area contributed by atoms with Gasteiger partial charge in [-0.1, -0.05) is 0 Å². The van der Waals surface area contributed by atoms with E-state index in [2.05, 4.69) is 0 Å². The minimum Gasteiger partial charge on any atom is -0.396 e. The number of aliphatic hydroxyl groups is 6. The number of hydrogen-bond acceptors (Lipinski definition) is 6. The van der Waals surface area contributed by atoms with Crippen molar-refractivity contribution in [2.45, 2.75) is 38.5 Å². The van der Waals surface area contributed by atoms with Crippen LogP contribution >= 0.6 is 0 Å². The molecule has 0 aliphatic carbocycles. The first-order valence-corrected chi connectivity index (χ1v) is 6.40. The first-order chi connectivity index (χ1) is 8.74. The minimum absolute atomic E-state index is 0.0938. The van der Waals surface area contributed by atoms with Crippen LogP contribution in [0.3, 0.4) is 0 Å². The Hall–Kier alpha value is -0.240. The summed E-state index contributed by atoms with van der Waals surface area (Å²) >= 11 is 0. The third-order valence-electron chi connectivity index (χ3n) is 1.70. The molecular formula is C12H30O6. The van der Waals surface area contributed by atoms with Crippen LogP contribution in [0.5, 0.6) is 0 Å². The Kier molecular flexibility index (Phi) is 38.3. The van der Waals surface area contributed by atoms with Gasteiger partial charge in [0, 0.05) is 39.6 Å². The third-order valence-corrected chi connectivity index (χ3v) is 1.70. The minimum atomic E-state index is 0.0938. The van der Waals surface area contributed by atoms with Crippen molar-refractivity contribution in [3.8, 4) is 0 Å². The van der Waals surface area contributed by atoms with Crippen LogP contribution in [0, 0.1) is 0 Å². The van der Waals surface area contributed by atoms with E-state index in [1.165, 1.54) is 0 Å². The summed E-state index contributed by atoms with van der Waals surface area (Å²) in [4.78, 5) is 0. The number of hydrogen-bond donors (Lipinski definition) is 6. The summed E-state index contributed by atoms with van der Waals surface area (Å²) in [6, 6.07) is 0. The highest BCUT2D eigenvalue weighted by Crippen LogP contribution is 1.90. The zero-order valence-corrected chi connectivity index (χ0v) is 11.2. The first kappa shape index (κ1) is 22.9. The Balaban J connectivity index is -0.000000190. The van der Waals surface area contributed by atoms with Crippen LogP contribution in [-0.2, 0) is 0 Å². The molecule has 0 aliphatic heterocycles. The van der Waals surface area contributed by atoms with Gasteiger partial charge in [0.05, 0.1) is 0 Å². The van der Waals surface area contributed by atoms with Gasteiger partial charge in [-0.25, -0.2) is 0 Å². The van der Waals surface area contributed by atoms with Crippen molar-refractivity contribution in [3.63, 3.8) is 0 Å². The molecule has 0 saturated carbocycles. The molecule has 0 fully saturated rings. The Morgan fingerprint density at radius 2 is 0.500 bits per heavy atom. The average molecular weight is 270 g/mol. The van der Waals surface area contributed by atoms with E-state index in [-0.39, 0.29) is 39.6 Å². The molecule has 0 saturated heterocycles. The highest BCUT2D eigenvalue weighted by atomic mass is 16.3. The van der Waals surface area contributed by atoms with E-state index in [0.29, 0.717) is 6.42 Å². The standard InChI is InChI=1S/C5H12O2.C4H10O2.C3H8O2/c6-4-2-1-3-5-7;5-3-1-2-4-6;4-2-1-3-5/h6-7H,1-5H2;5-6H,1-4H2;4-5H,1-3H2. The third kappa shape index (κ3) is 44.7. The van der Waals surface area contributed by atoms with E-state index in [9.17, 15) is 0 Å². The summed E-state index contributed by atoms with van der Waals surface area (Å²) in [6.07, 6.45) is 4.52. The highest BCUT2D eigenvalue weighted by molar-refractivity contribution is 4.35. The molecule has 0 bridgehead atoms. The van der Waals surface area contributed by atoms with Gasteiger partial charge in [0.2, 0.25) is 0 Å². The fourth-order valence-electron chi connectivity index (χ4n) is 0.695. The van der Waals surface area contributed by atoms with Crippen molar-refractivity contribution in [1.82, 2.24) is 0 Å². The quantitative estimate of drug-likeness (QED) is 0.307. The Morgan fingerprint density at radius 3 is 0.667 bits per heavy atom. The van der Waals surface area contributed by atoms with Crippen LogP contribution in [0.4, 0.5) is 0 Å². The van der Waals surface area contributed by atoms with Gasteiger partial charge in [0.15, 0.2) is 0 Å². The zero-order chi connectivity index (χ0) is 14.5. The van der Waals surface area contributed by atoms with Gasteiger partial charge in [-0.05, 0) is 38.5 Å². The molecule has 0 atom stereocenters. The van der Waals surface area contributed by atoms with Gasteiger partial charge in [-0.2, -0.15) is 0 Å². The van der Waals surface area contributed by atoms with Crippen molar-refractivity contribution in [1.29, 1.82) is 0 Å². The molecule has 0 spiro atoms. The molecule has 6 nitrogen and oxygen atoms in total. The van der Waals surface area contributed by atoms with E-state index in [1.54, 1.807) is 0 Å². The fourth-order valence-corrected chi connectivity index (χ4v) is 0.695. The summed E-state index contributed by atoms with van der Waals surface area (Å²) in [7, 11) is 0. The van der Waals surface area contributed by atoms with Crippen molar-refractivity contribution in [2.75, 3.05) is 39.6 Å². The molecule has 0 aromatic heterocycles. The van der Waals surface area contributed by atoms with Crippen LogP contribution < -0.4 is 0 Å². The van der Waals surface area contributed by atoms with E-state index >= 15 is 0 Å². The van der Waals surface area contributed by atoms with Crippen molar-refractivity contribution in [2.24, 2.45) is 0 Å². The summed E-state index contributed by atoms with van der Waals surface area (Å²) in [6.45, 7) is 1.08. The normalized spacial score (nSPS) is 9.00. The molecule has 6 heteroatoms. The average Bonchev–Trinajstić information content (AvgIpc) is 2.39. The van der Waals surface area contributed by atoms with Crippen molar-refractivity contribution in [3.05, 3.63) is 0 Å². The van der Waals surface area contributed by atoms with Gasteiger partial charge in [0.1, 0.15) is 0 Å². The number of unbranched alkanes of at least 4 members (excludes halogenated alkanes) is 3. The smallest absolute Gasteiger partial charge is 0.0452 e. The molecular weight excluding hydrogens is 240 g/mol. The van der Waals surface area contributed by atoms with Gasteiger partial charge in [-0.15, -0.1) is 0 Å². The maximum Gasteiger partial charge on any atom is 0.0452 e. The van der Waals surface area contributed by atoms with Gasteiger partial charge < -0.3 is 30.6 Å². The maximum absolute atomic E-state index is 8.21. The summed E-state index contributed by atoms with van der Waals surface area (Å²) in [5.74, 6) is 0. The Labute approximate surface area is 110 Å². The number of aliphatic hydroxyl groups excluding tert-OH is 6. The van der Waals surface area contributed by atoms with Crippen LogP contribution in [0.2, 0.25) is 0 Å². The Bertz CT molecular complexity index is 92.6. The summed E-state index contributed by atoms with van der Waals surface area (Å²) in [5, 5.41) is 48.4. The van der Waals surface area contributed by atoms with E-state index < -0.39 is 0 Å². The molecule has 114 valence electrons. The van der Waals surface area contributed by atoms with Gasteiger partial charge in [-0.3, -0.25) is 0 Å². The van der Waals surface area contributed by atoms with E-state index in [0.717, 1.165) is 32.1 Å².